The highest BCUT2D eigenvalue weighted by atomic mass is 16.5. The van der Waals surface area contributed by atoms with E-state index in [1.807, 2.05) is 6.07 Å². The van der Waals surface area contributed by atoms with Crippen molar-refractivity contribution in [3.8, 4) is 0 Å². The molecule has 6 nitrogen and oxygen atoms in total. The molecule has 2 N–H and O–H groups in total. The van der Waals surface area contributed by atoms with Gasteiger partial charge in [0, 0.05) is 23.6 Å². The number of allylic oxidation sites excluding steroid dienone is 1. The molecule has 152 valence electrons. The van der Waals surface area contributed by atoms with Crippen molar-refractivity contribution in [2.45, 2.75) is 51.4 Å². The molecule has 0 aliphatic heterocycles. The standard InChI is InChI=1S/C22H29NO5/c23-13-7-3-4-12-21(25)28-15-9-2-1-8-14-27-20-16-19(24)22(26)18-11-6-5-10-17(18)20/h5-6,10-11,16H,1-4,7-9,12-15,23H2. The third-order valence-corrected chi connectivity index (χ3v) is 4.57. The molecule has 0 fully saturated rings. The first kappa shape index (κ1) is 21.8. The minimum absolute atomic E-state index is 0.137. The molecular weight excluding hydrogens is 358 g/mol. The number of Topliss-reactive ketones (excluding diaryl/α,β-unsaturated/α-hetero) is 1. The summed E-state index contributed by atoms with van der Waals surface area (Å²) in [4.78, 5) is 35.2. The first-order valence-corrected chi connectivity index (χ1v) is 10.0. The molecule has 2 rings (SSSR count). The fraction of sp³-hybridized carbons (Fsp3) is 0.500. The summed E-state index contributed by atoms with van der Waals surface area (Å²) in [6, 6.07) is 6.99. The van der Waals surface area contributed by atoms with Gasteiger partial charge in [0.15, 0.2) is 0 Å². The van der Waals surface area contributed by atoms with Crippen LogP contribution in [0.15, 0.2) is 30.3 Å². The zero-order valence-electron chi connectivity index (χ0n) is 16.3. The maximum absolute atomic E-state index is 11.9. The summed E-state index contributed by atoms with van der Waals surface area (Å²) in [6.45, 7) is 1.59. The topological polar surface area (TPSA) is 95.7 Å². The number of unbranched alkanes of at least 4 members (excludes halogenated alkanes) is 5. The molecule has 1 aliphatic rings. The van der Waals surface area contributed by atoms with Gasteiger partial charge in [-0.2, -0.15) is 0 Å². The van der Waals surface area contributed by atoms with Gasteiger partial charge in [-0.05, 0) is 45.1 Å². The molecule has 1 aliphatic carbocycles. The van der Waals surface area contributed by atoms with Gasteiger partial charge >= 0.3 is 5.97 Å². The molecule has 0 saturated heterocycles. The van der Waals surface area contributed by atoms with Crippen molar-refractivity contribution >= 4 is 23.3 Å². The van der Waals surface area contributed by atoms with Gasteiger partial charge < -0.3 is 15.2 Å². The average Bonchev–Trinajstić information content (AvgIpc) is 2.71. The summed E-state index contributed by atoms with van der Waals surface area (Å²) >= 11 is 0. The first-order valence-electron chi connectivity index (χ1n) is 10.0. The van der Waals surface area contributed by atoms with Crippen LogP contribution in [0.5, 0.6) is 0 Å². The fourth-order valence-corrected chi connectivity index (χ4v) is 3.00. The van der Waals surface area contributed by atoms with Crippen molar-refractivity contribution in [3.05, 3.63) is 41.5 Å². The number of ketones is 2. The van der Waals surface area contributed by atoms with Gasteiger partial charge in [0.25, 0.3) is 0 Å². The van der Waals surface area contributed by atoms with Crippen LogP contribution in [0.1, 0.15) is 67.3 Å². The van der Waals surface area contributed by atoms with Crippen LogP contribution in [-0.2, 0) is 19.1 Å². The van der Waals surface area contributed by atoms with Crippen LogP contribution in [0, 0.1) is 0 Å². The number of benzene rings is 1. The quantitative estimate of drug-likeness (QED) is 0.316. The van der Waals surface area contributed by atoms with Crippen molar-refractivity contribution in [1.82, 2.24) is 0 Å². The molecule has 0 atom stereocenters. The summed E-state index contributed by atoms with van der Waals surface area (Å²) < 4.78 is 10.9. The van der Waals surface area contributed by atoms with E-state index in [-0.39, 0.29) is 5.97 Å². The molecule has 6 heteroatoms. The van der Waals surface area contributed by atoms with E-state index in [4.69, 9.17) is 15.2 Å². The highest BCUT2D eigenvalue weighted by Crippen LogP contribution is 2.26. The minimum Gasteiger partial charge on any atom is -0.493 e. The first-order chi connectivity index (χ1) is 13.6. The van der Waals surface area contributed by atoms with Crippen LogP contribution < -0.4 is 5.73 Å². The number of carbonyl (C=O) groups excluding carboxylic acids is 3. The summed E-state index contributed by atoms with van der Waals surface area (Å²) in [5, 5.41) is 0. The Balaban J connectivity index is 1.56. The fourth-order valence-electron chi connectivity index (χ4n) is 3.00. The molecule has 0 spiro atoms. The number of ether oxygens (including phenoxy) is 2. The summed E-state index contributed by atoms with van der Waals surface area (Å²) in [5.74, 6) is -0.707. The molecule has 1 aromatic carbocycles. The zero-order valence-corrected chi connectivity index (χ0v) is 16.3. The Labute approximate surface area is 166 Å². The number of rotatable bonds is 13. The zero-order chi connectivity index (χ0) is 20.2. The molecule has 0 saturated carbocycles. The second-order valence-electron chi connectivity index (χ2n) is 6.83. The van der Waals surface area contributed by atoms with E-state index in [1.165, 1.54) is 6.08 Å². The Hall–Kier alpha value is -2.47. The summed E-state index contributed by atoms with van der Waals surface area (Å²) in [6.07, 6.45) is 8.02. The van der Waals surface area contributed by atoms with Gasteiger partial charge in [-0.1, -0.05) is 30.7 Å². The van der Waals surface area contributed by atoms with Crippen LogP contribution in [0.3, 0.4) is 0 Å². The van der Waals surface area contributed by atoms with Crippen molar-refractivity contribution in [3.63, 3.8) is 0 Å². The molecule has 0 heterocycles. The van der Waals surface area contributed by atoms with Crippen LogP contribution in [0.25, 0.3) is 5.76 Å². The lowest BCUT2D eigenvalue weighted by Gasteiger charge is -2.16. The lowest BCUT2D eigenvalue weighted by molar-refractivity contribution is -0.143. The molecule has 1 aromatic rings. The normalized spacial score (nSPS) is 13.1. The largest absolute Gasteiger partial charge is 0.493 e. The van der Waals surface area contributed by atoms with Crippen LogP contribution >= 0.6 is 0 Å². The molecule has 0 amide bonds. The van der Waals surface area contributed by atoms with E-state index < -0.39 is 11.6 Å². The highest BCUT2D eigenvalue weighted by molar-refractivity contribution is 6.50. The van der Waals surface area contributed by atoms with Crippen LogP contribution in [0.4, 0.5) is 0 Å². The number of esters is 1. The maximum Gasteiger partial charge on any atom is 0.305 e. The average molecular weight is 387 g/mol. The van der Waals surface area contributed by atoms with E-state index >= 15 is 0 Å². The van der Waals surface area contributed by atoms with Gasteiger partial charge in [-0.25, -0.2) is 0 Å². The Kier molecular flexibility index (Phi) is 9.42. The Morgan fingerprint density at radius 3 is 2.29 bits per heavy atom. The number of carbonyl (C=O) groups is 3. The van der Waals surface area contributed by atoms with Crippen molar-refractivity contribution < 1.29 is 23.9 Å². The van der Waals surface area contributed by atoms with Crippen molar-refractivity contribution in [1.29, 1.82) is 0 Å². The van der Waals surface area contributed by atoms with E-state index in [0.717, 1.165) is 44.9 Å². The molecule has 28 heavy (non-hydrogen) atoms. The van der Waals surface area contributed by atoms with E-state index in [0.29, 0.717) is 43.1 Å². The van der Waals surface area contributed by atoms with E-state index in [1.54, 1.807) is 18.2 Å². The second kappa shape index (κ2) is 12.1. The summed E-state index contributed by atoms with van der Waals surface area (Å²) in [5.41, 5.74) is 6.48. The Bertz CT molecular complexity index is 711. The Morgan fingerprint density at radius 1 is 0.857 bits per heavy atom. The predicted octanol–water partition coefficient (Wildman–Crippen LogP) is 3.43. The minimum atomic E-state index is -0.543. The third kappa shape index (κ3) is 6.93. The SMILES string of the molecule is NCCCCCC(=O)OCCCCCCOC1=CC(=O)C(=O)c2ccccc21. The van der Waals surface area contributed by atoms with Crippen molar-refractivity contribution in [2.24, 2.45) is 5.73 Å². The number of fused-ring (bicyclic) bond motifs is 1. The maximum atomic E-state index is 11.9. The highest BCUT2D eigenvalue weighted by Gasteiger charge is 2.26. The van der Waals surface area contributed by atoms with Crippen LogP contribution in [0.2, 0.25) is 0 Å². The van der Waals surface area contributed by atoms with Crippen LogP contribution in [-0.4, -0.2) is 37.3 Å². The molecule has 0 unspecified atom stereocenters. The van der Waals surface area contributed by atoms with Crippen molar-refractivity contribution in [2.75, 3.05) is 19.8 Å². The van der Waals surface area contributed by atoms with Gasteiger partial charge in [0.2, 0.25) is 11.6 Å². The monoisotopic (exact) mass is 387 g/mol. The second-order valence-corrected chi connectivity index (χ2v) is 6.83. The third-order valence-electron chi connectivity index (χ3n) is 4.57. The predicted molar refractivity (Wildman–Crippen MR) is 107 cm³/mol. The molecule has 0 radical (unpaired) electrons. The Morgan fingerprint density at radius 2 is 1.54 bits per heavy atom. The van der Waals surface area contributed by atoms with Gasteiger partial charge in [-0.15, -0.1) is 0 Å². The number of nitrogens with two attached hydrogens (primary N) is 1. The molecule has 0 bridgehead atoms. The number of hydrogen-bond donors (Lipinski definition) is 1. The number of hydrogen-bond acceptors (Lipinski definition) is 6. The van der Waals surface area contributed by atoms with E-state index in [2.05, 4.69) is 0 Å². The smallest absolute Gasteiger partial charge is 0.305 e. The van der Waals surface area contributed by atoms with Gasteiger partial charge in [-0.3, -0.25) is 14.4 Å². The lowest BCUT2D eigenvalue weighted by atomic mass is 9.94. The molecule has 0 aromatic heterocycles. The molecular formula is C22H29NO5. The summed E-state index contributed by atoms with van der Waals surface area (Å²) in [7, 11) is 0. The van der Waals surface area contributed by atoms with Gasteiger partial charge in [0.1, 0.15) is 5.76 Å². The lowest BCUT2D eigenvalue weighted by Crippen LogP contribution is -2.19. The van der Waals surface area contributed by atoms with Gasteiger partial charge in [0.05, 0.1) is 13.2 Å². The van der Waals surface area contributed by atoms with E-state index in [9.17, 15) is 14.4 Å².